The summed E-state index contributed by atoms with van der Waals surface area (Å²) in [5.41, 5.74) is 23.4. The van der Waals surface area contributed by atoms with E-state index >= 15 is 0 Å². The lowest BCUT2D eigenvalue weighted by Crippen LogP contribution is -2.26. The number of hydrogen-bond acceptors (Lipinski definition) is 2. The summed E-state index contributed by atoms with van der Waals surface area (Å²) in [5, 5.41) is 0. The summed E-state index contributed by atoms with van der Waals surface area (Å²) in [7, 11) is 0. The number of nitrogens with zero attached hydrogens (tertiary/aromatic N) is 2. The van der Waals surface area contributed by atoms with Crippen LogP contribution < -0.4 is 9.80 Å². The molecule has 69 heavy (non-hydrogen) atoms. The molecule has 1 spiro atoms. The fourth-order valence-corrected chi connectivity index (χ4v) is 11.3. The van der Waals surface area contributed by atoms with Gasteiger partial charge in [-0.15, -0.1) is 0 Å². The topological polar surface area (TPSA) is 6.48 Å². The molecular weight excluding hydrogens is 833 g/mol. The van der Waals surface area contributed by atoms with Gasteiger partial charge in [-0.05, 0) is 127 Å². The highest BCUT2D eigenvalue weighted by atomic mass is 15.2. The minimum atomic E-state index is -0.585. The summed E-state index contributed by atoms with van der Waals surface area (Å²) in [6.45, 7) is 0. The van der Waals surface area contributed by atoms with Crippen molar-refractivity contribution in [2.24, 2.45) is 0 Å². The zero-order valence-corrected chi connectivity index (χ0v) is 38.0. The number of benzene rings is 11. The molecule has 2 aliphatic carbocycles. The highest BCUT2D eigenvalue weighted by molar-refractivity contribution is 6.04. The molecule has 324 valence electrons. The molecule has 0 amide bonds. The van der Waals surface area contributed by atoms with Crippen LogP contribution >= 0.6 is 0 Å². The van der Waals surface area contributed by atoms with E-state index in [1.54, 1.807) is 0 Å². The third-order valence-electron chi connectivity index (χ3n) is 14.3. The molecule has 1 unspecified atom stereocenters. The highest BCUT2D eigenvalue weighted by Gasteiger charge is 2.53. The number of para-hydroxylation sites is 1. The third kappa shape index (κ3) is 6.56. The molecule has 0 bridgehead atoms. The van der Waals surface area contributed by atoms with Crippen molar-refractivity contribution in [2.45, 2.75) is 5.41 Å². The Kier molecular flexibility index (Phi) is 9.77. The predicted molar refractivity (Wildman–Crippen MR) is 288 cm³/mol. The van der Waals surface area contributed by atoms with Gasteiger partial charge in [-0.3, -0.25) is 0 Å². The largest absolute Gasteiger partial charge is 0.310 e. The molecule has 0 fully saturated rings. The van der Waals surface area contributed by atoms with Crippen molar-refractivity contribution in [3.8, 4) is 55.6 Å². The molecule has 2 nitrogen and oxygen atoms in total. The van der Waals surface area contributed by atoms with Gasteiger partial charge >= 0.3 is 0 Å². The number of anilines is 6. The van der Waals surface area contributed by atoms with Crippen LogP contribution in [-0.4, -0.2) is 0 Å². The molecule has 13 rings (SSSR count). The van der Waals surface area contributed by atoms with Crippen molar-refractivity contribution in [1.29, 1.82) is 0 Å². The molecule has 0 N–H and O–H groups in total. The monoisotopic (exact) mass is 878 g/mol. The van der Waals surface area contributed by atoms with E-state index in [1.807, 2.05) is 0 Å². The smallest absolute Gasteiger partial charge is 0.0727 e. The van der Waals surface area contributed by atoms with Gasteiger partial charge in [-0.1, -0.05) is 218 Å². The highest BCUT2D eigenvalue weighted by Crippen LogP contribution is 2.66. The first-order valence-corrected chi connectivity index (χ1v) is 23.8. The third-order valence-corrected chi connectivity index (χ3v) is 14.3. The van der Waals surface area contributed by atoms with E-state index in [1.165, 1.54) is 77.9 Å². The first-order chi connectivity index (χ1) is 34.3. The quantitative estimate of drug-likeness (QED) is 0.143. The van der Waals surface area contributed by atoms with E-state index in [0.717, 1.165) is 34.1 Å². The van der Waals surface area contributed by atoms with Gasteiger partial charge in [0.1, 0.15) is 0 Å². The Morgan fingerprint density at radius 1 is 0.217 bits per heavy atom. The fourth-order valence-electron chi connectivity index (χ4n) is 11.3. The van der Waals surface area contributed by atoms with Crippen molar-refractivity contribution >= 4 is 34.1 Å². The summed E-state index contributed by atoms with van der Waals surface area (Å²) in [6.07, 6.45) is 0. The lowest BCUT2D eigenvalue weighted by molar-refractivity contribution is 0.793. The van der Waals surface area contributed by atoms with Crippen LogP contribution in [0.2, 0.25) is 0 Å². The first-order valence-electron chi connectivity index (χ1n) is 23.8. The van der Waals surface area contributed by atoms with Crippen molar-refractivity contribution in [2.75, 3.05) is 9.80 Å². The van der Waals surface area contributed by atoms with Crippen LogP contribution in [0.3, 0.4) is 0 Å². The second-order valence-electron chi connectivity index (χ2n) is 18.0. The minimum Gasteiger partial charge on any atom is -0.310 e. The Hall–Kier alpha value is -8.98. The lowest BCUT2D eigenvalue weighted by atomic mass is 9.70. The van der Waals surface area contributed by atoms with E-state index < -0.39 is 5.41 Å². The van der Waals surface area contributed by atoms with E-state index in [-0.39, 0.29) is 0 Å². The maximum absolute atomic E-state index is 2.47. The average molecular weight is 879 g/mol. The standard InChI is InChI=1S/C67H46N2/c1-5-20-47(21-6-1)50-38-42-54(43-39-50)68(55-44-40-51(41-45-55)48-22-7-2-8-23-48)63-36-18-34-61-65(63)57-30-13-15-32-59(57)67(61)60-33-16-14-31-58(60)66-62(67)35-19-37-64(66)69(53-27-11-4-12-28-53)56-29-17-26-52(46-56)49-24-9-3-10-25-49/h1-46H. The van der Waals surface area contributed by atoms with Gasteiger partial charge < -0.3 is 9.80 Å². The van der Waals surface area contributed by atoms with Gasteiger partial charge in [0.2, 0.25) is 0 Å². The van der Waals surface area contributed by atoms with Gasteiger partial charge in [0.05, 0.1) is 16.8 Å². The summed E-state index contributed by atoms with van der Waals surface area (Å²) >= 11 is 0. The zero-order valence-electron chi connectivity index (χ0n) is 38.0. The normalized spacial score (nSPS) is 13.9. The first kappa shape index (κ1) is 40.3. The van der Waals surface area contributed by atoms with Crippen molar-refractivity contribution < 1.29 is 0 Å². The molecule has 1 atom stereocenters. The van der Waals surface area contributed by atoms with Crippen molar-refractivity contribution in [3.05, 3.63) is 301 Å². The Balaban J connectivity index is 1.04. The van der Waals surface area contributed by atoms with E-state index in [2.05, 4.69) is 289 Å². The molecule has 2 heteroatoms. The second kappa shape index (κ2) is 16.7. The average Bonchev–Trinajstić information content (AvgIpc) is 3.91. The molecule has 11 aromatic rings. The fraction of sp³-hybridized carbons (Fsp3) is 0.0149. The van der Waals surface area contributed by atoms with Crippen LogP contribution in [0.5, 0.6) is 0 Å². The van der Waals surface area contributed by atoms with Crippen LogP contribution in [0.4, 0.5) is 34.1 Å². The lowest BCUT2D eigenvalue weighted by Gasteiger charge is -2.32. The zero-order chi connectivity index (χ0) is 45.7. The molecule has 0 saturated carbocycles. The number of fused-ring (bicyclic) bond motifs is 10. The Bertz CT molecular complexity index is 3560. The number of rotatable bonds is 9. The molecule has 2 aliphatic rings. The van der Waals surface area contributed by atoms with Gasteiger partial charge in [-0.2, -0.15) is 0 Å². The van der Waals surface area contributed by atoms with E-state index in [0.29, 0.717) is 0 Å². The van der Waals surface area contributed by atoms with Crippen molar-refractivity contribution in [3.63, 3.8) is 0 Å². The molecule has 0 aromatic heterocycles. The Morgan fingerprint density at radius 3 is 1.01 bits per heavy atom. The second-order valence-corrected chi connectivity index (χ2v) is 18.0. The van der Waals surface area contributed by atoms with Gasteiger partial charge in [-0.25, -0.2) is 0 Å². The molecule has 0 heterocycles. The summed E-state index contributed by atoms with van der Waals surface area (Å²) in [5.74, 6) is 0. The van der Waals surface area contributed by atoms with E-state index in [4.69, 9.17) is 0 Å². The van der Waals surface area contributed by atoms with Crippen LogP contribution in [0.25, 0.3) is 55.6 Å². The molecular formula is C67H46N2. The van der Waals surface area contributed by atoms with E-state index in [9.17, 15) is 0 Å². The molecule has 0 aliphatic heterocycles. The summed E-state index contributed by atoms with van der Waals surface area (Å²) in [6, 6.07) is 102. The Morgan fingerprint density at radius 2 is 0.536 bits per heavy atom. The minimum absolute atomic E-state index is 0.585. The van der Waals surface area contributed by atoms with Crippen LogP contribution in [0.1, 0.15) is 22.3 Å². The summed E-state index contributed by atoms with van der Waals surface area (Å²) < 4.78 is 0. The maximum Gasteiger partial charge on any atom is 0.0727 e. The SMILES string of the molecule is c1ccc(-c2ccc(N(c3ccc(-c4ccccc4)cc3)c3cccc4c3-c3ccccc3C43c4ccccc4-c4c(N(c5ccccc5)c5cccc(-c6ccccc6)c5)cccc43)cc2)cc1. The summed E-state index contributed by atoms with van der Waals surface area (Å²) in [4.78, 5) is 4.92. The van der Waals surface area contributed by atoms with Gasteiger partial charge in [0.25, 0.3) is 0 Å². The maximum atomic E-state index is 2.47. The molecule has 0 saturated heterocycles. The van der Waals surface area contributed by atoms with Crippen LogP contribution in [0.15, 0.2) is 279 Å². The van der Waals surface area contributed by atoms with Gasteiger partial charge in [0.15, 0.2) is 0 Å². The van der Waals surface area contributed by atoms with Crippen LogP contribution in [-0.2, 0) is 5.41 Å². The van der Waals surface area contributed by atoms with Crippen molar-refractivity contribution in [1.82, 2.24) is 0 Å². The number of hydrogen-bond donors (Lipinski definition) is 0. The Labute approximate surface area is 404 Å². The molecule has 0 radical (unpaired) electrons. The predicted octanol–water partition coefficient (Wildman–Crippen LogP) is 18.0. The molecule has 11 aromatic carbocycles. The van der Waals surface area contributed by atoms with Crippen LogP contribution in [0, 0.1) is 0 Å². The van der Waals surface area contributed by atoms with Gasteiger partial charge in [0, 0.05) is 33.9 Å².